The van der Waals surface area contributed by atoms with Gasteiger partial charge in [-0.25, -0.2) is 8.78 Å². The summed E-state index contributed by atoms with van der Waals surface area (Å²) < 4.78 is 25.9. The third-order valence-corrected chi connectivity index (χ3v) is 3.59. The molecule has 0 N–H and O–H groups in total. The average molecular weight is 231 g/mol. The molecule has 0 saturated heterocycles. The van der Waals surface area contributed by atoms with Crippen molar-refractivity contribution in [2.24, 2.45) is 5.92 Å². The van der Waals surface area contributed by atoms with Gasteiger partial charge in [-0.2, -0.15) is 0 Å². The van der Waals surface area contributed by atoms with E-state index < -0.39 is 11.6 Å². The molecular formula is C12H17F2S. The predicted octanol–water partition coefficient (Wildman–Crippen LogP) is 4.59. The zero-order chi connectivity index (χ0) is 11.3. The van der Waals surface area contributed by atoms with Crippen LogP contribution in [0.3, 0.4) is 0 Å². The topological polar surface area (TPSA) is 0 Å². The van der Waals surface area contributed by atoms with E-state index in [1.165, 1.54) is 0 Å². The zero-order valence-corrected chi connectivity index (χ0v) is 10.1. The van der Waals surface area contributed by atoms with E-state index in [1.54, 1.807) is 0 Å². The number of hydrogen-bond acceptors (Lipinski definition) is 1. The van der Waals surface area contributed by atoms with Crippen molar-refractivity contribution in [3.63, 3.8) is 0 Å². The normalized spacial score (nSPS) is 13.1. The Morgan fingerprint density at radius 1 is 1.33 bits per heavy atom. The number of hydrogen-bond donors (Lipinski definition) is 0. The van der Waals surface area contributed by atoms with Gasteiger partial charge in [-0.05, 0) is 12.3 Å². The van der Waals surface area contributed by atoms with E-state index in [9.17, 15) is 8.78 Å². The van der Waals surface area contributed by atoms with Crippen molar-refractivity contribution in [3.8, 4) is 0 Å². The highest BCUT2D eigenvalue weighted by molar-refractivity contribution is 7.09. The molecule has 15 heavy (non-hydrogen) atoms. The van der Waals surface area contributed by atoms with Crippen LogP contribution in [-0.4, -0.2) is 0 Å². The monoisotopic (exact) mass is 231 g/mol. The number of unbranched alkanes of at least 4 members (excludes halogenated alkanes) is 1. The minimum atomic E-state index is -0.819. The van der Waals surface area contributed by atoms with Crippen molar-refractivity contribution in [1.82, 2.24) is 0 Å². The molecule has 0 amide bonds. The lowest BCUT2D eigenvalue weighted by atomic mass is 9.95. The van der Waals surface area contributed by atoms with Crippen LogP contribution in [-0.2, 0) is 6.42 Å². The summed E-state index contributed by atoms with van der Waals surface area (Å²) in [6.45, 7) is 4.25. The van der Waals surface area contributed by atoms with Crippen LogP contribution in [0.2, 0.25) is 0 Å². The first-order chi connectivity index (χ1) is 7.19. The minimum Gasteiger partial charge on any atom is -0.202 e. The maximum atomic E-state index is 13.2. The molecule has 0 aliphatic heterocycles. The second-order valence-corrected chi connectivity index (χ2v) is 4.78. The van der Waals surface area contributed by atoms with E-state index in [2.05, 4.69) is 19.2 Å². The van der Waals surface area contributed by atoms with Crippen molar-refractivity contribution in [2.75, 3.05) is 0 Å². The maximum absolute atomic E-state index is 13.2. The summed E-state index contributed by atoms with van der Waals surface area (Å²) in [6, 6.07) is 0. The second kappa shape index (κ2) is 6.21. The fourth-order valence-corrected chi connectivity index (χ4v) is 2.46. The largest absolute Gasteiger partial charge is 0.202 e. The first-order valence-corrected chi connectivity index (χ1v) is 6.35. The first kappa shape index (κ1) is 12.6. The van der Waals surface area contributed by atoms with Crippen LogP contribution in [0.25, 0.3) is 0 Å². The quantitative estimate of drug-likeness (QED) is 0.672. The molecule has 85 valence electrons. The first-order valence-electron chi connectivity index (χ1n) is 5.53. The Bertz CT molecular complexity index is 294. The second-order valence-electron chi connectivity index (χ2n) is 3.88. The van der Waals surface area contributed by atoms with E-state index in [4.69, 9.17) is 0 Å². The van der Waals surface area contributed by atoms with Crippen LogP contribution in [0, 0.1) is 22.9 Å². The molecule has 3 heteroatoms. The lowest BCUT2D eigenvalue weighted by Crippen LogP contribution is -2.03. The van der Waals surface area contributed by atoms with Gasteiger partial charge in [0.25, 0.3) is 0 Å². The van der Waals surface area contributed by atoms with Crippen LogP contribution >= 0.6 is 11.3 Å². The molecule has 0 bridgehead atoms. The van der Waals surface area contributed by atoms with Gasteiger partial charge in [0.1, 0.15) is 0 Å². The van der Waals surface area contributed by atoms with Crippen molar-refractivity contribution < 1.29 is 8.78 Å². The van der Waals surface area contributed by atoms with Gasteiger partial charge in [0.2, 0.25) is 0 Å². The Kier molecular flexibility index (Phi) is 5.23. The highest BCUT2D eigenvalue weighted by Crippen LogP contribution is 2.25. The van der Waals surface area contributed by atoms with Crippen LogP contribution in [0.4, 0.5) is 8.78 Å². The highest BCUT2D eigenvalue weighted by Gasteiger charge is 2.15. The lowest BCUT2D eigenvalue weighted by Gasteiger charge is -2.12. The van der Waals surface area contributed by atoms with Crippen LogP contribution in [0.5, 0.6) is 0 Å². The van der Waals surface area contributed by atoms with Crippen molar-refractivity contribution >= 4 is 11.3 Å². The Balaban J connectivity index is 2.54. The van der Waals surface area contributed by atoms with Gasteiger partial charge in [-0.15, -0.1) is 11.3 Å². The molecular weight excluding hydrogens is 214 g/mol. The molecule has 1 aromatic heterocycles. The summed E-state index contributed by atoms with van der Waals surface area (Å²) in [7, 11) is 0. The van der Waals surface area contributed by atoms with Gasteiger partial charge in [-0.3, -0.25) is 0 Å². The van der Waals surface area contributed by atoms with Gasteiger partial charge in [0.15, 0.2) is 11.6 Å². The Hall–Kier alpha value is -0.440. The molecule has 1 aromatic rings. The fraction of sp³-hybridized carbons (Fsp3) is 0.667. The number of halogens is 2. The van der Waals surface area contributed by atoms with E-state index >= 15 is 0 Å². The summed E-state index contributed by atoms with van der Waals surface area (Å²) in [4.78, 5) is 0.524. The molecule has 0 saturated carbocycles. The summed E-state index contributed by atoms with van der Waals surface area (Å²) in [5, 5.41) is 2.32. The van der Waals surface area contributed by atoms with Crippen molar-refractivity contribution in [2.45, 2.75) is 46.0 Å². The molecule has 0 nitrogen and oxygen atoms in total. The molecule has 0 aromatic carbocycles. The van der Waals surface area contributed by atoms with Gasteiger partial charge in [0, 0.05) is 4.88 Å². The van der Waals surface area contributed by atoms with Crippen LogP contribution in [0.15, 0.2) is 0 Å². The SMILES string of the molecule is CCCCC(CC)Cc1s[c]c(F)c1F. The Morgan fingerprint density at radius 2 is 2.07 bits per heavy atom. The molecule has 1 heterocycles. The van der Waals surface area contributed by atoms with E-state index in [1.807, 2.05) is 0 Å². The average Bonchev–Trinajstić information content (AvgIpc) is 2.55. The Labute approximate surface area is 94.3 Å². The van der Waals surface area contributed by atoms with Crippen LogP contribution in [0.1, 0.15) is 44.4 Å². The molecule has 1 unspecified atom stereocenters. The molecule has 1 atom stereocenters. The molecule has 1 rings (SSSR count). The number of rotatable bonds is 6. The molecule has 0 fully saturated rings. The summed E-state index contributed by atoms with van der Waals surface area (Å²) in [6.07, 6.45) is 5.11. The lowest BCUT2D eigenvalue weighted by molar-refractivity contribution is 0.437. The Morgan fingerprint density at radius 3 is 2.53 bits per heavy atom. The standard InChI is InChI=1S/C12H17F2S/c1-3-5-6-9(4-2)7-11-12(14)10(13)8-15-11/h9H,3-7H2,1-2H3. The van der Waals surface area contributed by atoms with E-state index in [0.717, 1.165) is 37.0 Å². The molecule has 1 radical (unpaired) electrons. The van der Waals surface area contributed by atoms with Crippen LogP contribution < -0.4 is 0 Å². The third-order valence-electron chi connectivity index (χ3n) is 2.72. The maximum Gasteiger partial charge on any atom is 0.178 e. The third kappa shape index (κ3) is 3.56. The van der Waals surface area contributed by atoms with Crippen molar-refractivity contribution in [3.05, 3.63) is 21.9 Å². The zero-order valence-electron chi connectivity index (χ0n) is 9.28. The molecule has 0 aliphatic carbocycles. The van der Waals surface area contributed by atoms with Gasteiger partial charge in [0.05, 0.1) is 5.38 Å². The molecule has 0 aliphatic rings. The van der Waals surface area contributed by atoms with Gasteiger partial charge in [-0.1, -0.05) is 39.5 Å². The predicted molar refractivity (Wildman–Crippen MR) is 60.1 cm³/mol. The van der Waals surface area contributed by atoms with Crippen molar-refractivity contribution in [1.29, 1.82) is 0 Å². The fourth-order valence-electron chi connectivity index (χ4n) is 1.66. The smallest absolute Gasteiger partial charge is 0.178 e. The summed E-state index contributed by atoms with van der Waals surface area (Å²) >= 11 is 1.08. The molecule has 0 spiro atoms. The highest BCUT2D eigenvalue weighted by atomic mass is 32.1. The summed E-state index contributed by atoms with van der Waals surface area (Å²) in [5.41, 5.74) is 0. The summed E-state index contributed by atoms with van der Waals surface area (Å²) in [5.74, 6) is -1.03. The van der Waals surface area contributed by atoms with E-state index in [0.29, 0.717) is 17.2 Å². The van der Waals surface area contributed by atoms with Gasteiger partial charge >= 0.3 is 0 Å². The minimum absolute atomic E-state index is 0.478. The van der Waals surface area contributed by atoms with Gasteiger partial charge < -0.3 is 0 Å². The number of thiophene rings is 1. The van der Waals surface area contributed by atoms with E-state index in [-0.39, 0.29) is 0 Å².